The molecular formula is C19H17F6N3O2. The van der Waals surface area contributed by atoms with Gasteiger partial charge in [0, 0.05) is 32.4 Å². The molecule has 0 unspecified atom stereocenters. The molecule has 30 heavy (non-hydrogen) atoms. The summed E-state index contributed by atoms with van der Waals surface area (Å²) in [7, 11) is 0. The van der Waals surface area contributed by atoms with E-state index >= 15 is 0 Å². The van der Waals surface area contributed by atoms with Crippen LogP contribution in [0.2, 0.25) is 0 Å². The van der Waals surface area contributed by atoms with E-state index in [-0.39, 0.29) is 18.8 Å². The number of halogens is 6. The molecule has 0 saturated carbocycles. The second kappa shape index (κ2) is 8.41. The Labute approximate surface area is 167 Å². The third kappa shape index (κ3) is 5.33. The Morgan fingerprint density at radius 2 is 1.60 bits per heavy atom. The maximum absolute atomic E-state index is 12.7. The van der Waals surface area contributed by atoms with Crippen LogP contribution >= 0.6 is 0 Å². The highest BCUT2D eigenvalue weighted by atomic mass is 19.4. The molecule has 0 aliphatic carbocycles. The predicted octanol–water partition coefficient (Wildman–Crippen LogP) is 3.85. The molecule has 1 amide bonds. The van der Waals surface area contributed by atoms with Gasteiger partial charge in [-0.2, -0.15) is 26.3 Å². The lowest BCUT2D eigenvalue weighted by atomic mass is 10.2. The van der Waals surface area contributed by atoms with E-state index in [0.29, 0.717) is 18.9 Å². The van der Waals surface area contributed by atoms with Gasteiger partial charge in [0.25, 0.3) is 5.91 Å². The third-order valence-corrected chi connectivity index (χ3v) is 4.56. The molecule has 3 rings (SSSR count). The Balaban J connectivity index is 1.51. The molecule has 1 aliphatic heterocycles. The molecule has 1 fully saturated rings. The summed E-state index contributed by atoms with van der Waals surface area (Å²) in [4.78, 5) is 19.3. The van der Waals surface area contributed by atoms with Crippen molar-refractivity contribution in [3.05, 3.63) is 53.7 Å². The van der Waals surface area contributed by atoms with E-state index < -0.39 is 36.0 Å². The normalized spacial score (nSPS) is 15.3. The van der Waals surface area contributed by atoms with Crippen LogP contribution in [0.3, 0.4) is 0 Å². The molecule has 2 aromatic rings. The molecule has 1 aliphatic rings. The number of rotatable bonds is 4. The number of benzene rings is 1. The first-order valence-corrected chi connectivity index (χ1v) is 8.90. The maximum atomic E-state index is 12.7. The molecule has 11 heteroatoms. The minimum Gasteiger partial charge on any atom is -0.484 e. The van der Waals surface area contributed by atoms with Gasteiger partial charge in [0.15, 0.2) is 6.61 Å². The van der Waals surface area contributed by atoms with E-state index in [2.05, 4.69) is 4.98 Å². The van der Waals surface area contributed by atoms with Gasteiger partial charge in [-0.3, -0.25) is 4.79 Å². The lowest BCUT2D eigenvalue weighted by molar-refractivity contribution is -0.138. The van der Waals surface area contributed by atoms with Crippen LogP contribution in [0.15, 0.2) is 42.6 Å². The monoisotopic (exact) mass is 433 g/mol. The van der Waals surface area contributed by atoms with Crippen molar-refractivity contribution in [1.82, 2.24) is 9.88 Å². The number of hydrogen-bond acceptors (Lipinski definition) is 4. The minimum absolute atomic E-state index is 0.0641. The van der Waals surface area contributed by atoms with Crippen LogP contribution in [0, 0.1) is 0 Å². The number of piperazine rings is 1. The fourth-order valence-corrected chi connectivity index (χ4v) is 2.92. The zero-order valence-corrected chi connectivity index (χ0v) is 15.5. The Kier molecular flexibility index (Phi) is 6.09. The predicted molar refractivity (Wildman–Crippen MR) is 95.0 cm³/mol. The van der Waals surface area contributed by atoms with E-state index in [1.807, 2.05) is 0 Å². The summed E-state index contributed by atoms with van der Waals surface area (Å²) >= 11 is 0. The summed E-state index contributed by atoms with van der Waals surface area (Å²) in [6.45, 7) is 0.863. The van der Waals surface area contributed by atoms with Gasteiger partial charge in [0.1, 0.15) is 11.6 Å². The molecule has 5 nitrogen and oxygen atoms in total. The first kappa shape index (κ1) is 21.7. The van der Waals surface area contributed by atoms with E-state index in [1.54, 1.807) is 4.90 Å². The maximum Gasteiger partial charge on any atom is 0.417 e. The molecule has 162 valence electrons. The van der Waals surface area contributed by atoms with Crippen LogP contribution in [-0.2, 0) is 17.1 Å². The number of nitrogens with zero attached hydrogens (tertiary/aromatic N) is 3. The van der Waals surface area contributed by atoms with E-state index in [1.165, 1.54) is 23.1 Å². The van der Waals surface area contributed by atoms with Gasteiger partial charge in [0.2, 0.25) is 0 Å². The SMILES string of the molecule is O=C(COc1cccc(C(F)(F)F)c1)N1CCN(c2ccc(C(F)(F)F)cn2)CC1. The van der Waals surface area contributed by atoms with Gasteiger partial charge in [-0.15, -0.1) is 0 Å². The van der Waals surface area contributed by atoms with Crippen molar-refractivity contribution in [2.75, 3.05) is 37.7 Å². The zero-order valence-electron chi connectivity index (χ0n) is 15.5. The van der Waals surface area contributed by atoms with Gasteiger partial charge >= 0.3 is 12.4 Å². The van der Waals surface area contributed by atoms with Crippen LogP contribution in [0.25, 0.3) is 0 Å². The first-order chi connectivity index (χ1) is 14.0. The smallest absolute Gasteiger partial charge is 0.417 e. The van der Waals surface area contributed by atoms with Crippen molar-refractivity contribution in [3.63, 3.8) is 0 Å². The van der Waals surface area contributed by atoms with Crippen molar-refractivity contribution in [2.45, 2.75) is 12.4 Å². The summed E-state index contributed by atoms with van der Waals surface area (Å²) < 4.78 is 81.2. The largest absolute Gasteiger partial charge is 0.484 e. The minimum atomic E-state index is -4.51. The number of amides is 1. The summed E-state index contributed by atoms with van der Waals surface area (Å²) in [5, 5.41) is 0. The molecule has 0 bridgehead atoms. The van der Waals surface area contributed by atoms with Crippen LogP contribution < -0.4 is 9.64 Å². The second-order valence-corrected chi connectivity index (χ2v) is 6.58. The second-order valence-electron chi connectivity index (χ2n) is 6.58. The van der Waals surface area contributed by atoms with Gasteiger partial charge in [-0.05, 0) is 30.3 Å². The number of hydrogen-bond donors (Lipinski definition) is 0. The third-order valence-electron chi connectivity index (χ3n) is 4.56. The standard InChI is InChI=1S/C19H17F6N3O2/c20-18(21,22)13-2-1-3-15(10-13)30-12-17(29)28-8-6-27(7-9-28)16-5-4-14(11-26-16)19(23,24)25/h1-5,10-11H,6-9,12H2. The quantitative estimate of drug-likeness (QED) is 0.688. The van der Waals surface area contributed by atoms with E-state index in [9.17, 15) is 31.1 Å². The Morgan fingerprint density at radius 1 is 0.933 bits per heavy atom. The van der Waals surface area contributed by atoms with E-state index in [0.717, 1.165) is 24.4 Å². The molecule has 0 atom stereocenters. The Bertz CT molecular complexity index is 875. The highest BCUT2D eigenvalue weighted by Crippen LogP contribution is 2.31. The fraction of sp³-hybridized carbons (Fsp3) is 0.368. The number of alkyl halides is 6. The molecule has 2 heterocycles. The lowest BCUT2D eigenvalue weighted by Gasteiger charge is -2.35. The average Bonchev–Trinajstić information content (AvgIpc) is 2.71. The van der Waals surface area contributed by atoms with Crippen LogP contribution in [0.5, 0.6) is 5.75 Å². The lowest BCUT2D eigenvalue weighted by Crippen LogP contribution is -2.50. The van der Waals surface area contributed by atoms with Crippen molar-refractivity contribution in [2.24, 2.45) is 0 Å². The van der Waals surface area contributed by atoms with Gasteiger partial charge in [-0.25, -0.2) is 4.98 Å². The summed E-state index contributed by atoms with van der Waals surface area (Å²) in [6.07, 6.45) is -8.21. The summed E-state index contributed by atoms with van der Waals surface area (Å²) in [5.74, 6) is -0.0893. The van der Waals surface area contributed by atoms with Crippen LogP contribution in [0.1, 0.15) is 11.1 Å². The topological polar surface area (TPSA) is 45.7 Å². The average molecular weight is 433 g/mol. The molecule has 1 aromatic heterocycles. The van der Waals surface area contributed by atoms with Gasteiger partial charge in [-0.1, -0.05) is 6.07 Å². The number of pyridine rings is 1. The summed E-state index contributed by atoms with van der Waals surface area (Å²) in [6, 6.07) is 6.47. The van der Waals surface area contributed by atoms with Crippen molar-refractivity contribution in [3.8, 4) is 5.75 Å². The van der Waals surface area contributed by atoms with Crippen LogP contribution in [0.4, 0.5) is 32.2 Å². The Morgan fingerprint density at radius 3 is 2.17 bits per heavy atom. The van der Waals surface area contributed by atoms with Crippen molar-refractivity contribution in [1.29, 1.82) is 0 Å². The fourth-order valence-electron chi connectivity index (χ4n) is 2.92. The highest BCUT2D eigenvalue weighted by Gasteiger charge is 2.32. The number of carbonyl (C=O) groups excluding carboxylic acids is 1. The molecule has 1 aromatic carbocycles. The Hall–Kier alpha value is -2.98. The van der Waals surface area contributed by atoms with Gasteiger partial charge < -0.3 is 14.5 Å². The molecule has 1 saturated heterocycles. The zero-order chi connectivity index (χ0) is 21.9. The number of anilines is 1. The number of carbonyl (C=O) groups is 1. The van der Waals surface area contributed by atoms with Crippen molar-refractivity contribution >= 4 is 11.7 Å². The first-order valence-electron chi connectivity index (χ1n) is 8.90. The van der Waals surface area contributed by atoms with Gasteiger partial charge in [0.05, 0.1) is 11.1 Å². The summed E-state index contributed by atoms with van der Waals surface area (Å²) in [5.41, 5.74) is -1.71. The van der Waals surface area contributed by atoms with E-state index in [4.69, 9.17) is 4.74 Å². The number of ether oxygens (including phenoxy) is 1. The van der Waals surface area contributed by atoms with Crippen molar-refractivity contribution < 1.29 is 35.9 Å². The molecule has 0 radical (unpaired) electrons. The van der Waals surface area contributed by atoms with Crippen LogP contribution in [-0.4, -0.2) is 48.6 Å². The molecule has 0 N–H and O–H groups in total. The number of aromatic nitrogens is 1. The molecule has 0 spiro atoms. The highest BCUT2D eigenvalue weighted by molar-refractivity contribution is 5.78. The molecular weight excluding hydrogens is 416 g/mol.